The zero-order chi connectivity index (χ0) is 12.8. The Hall–Kier alpha value is -2.51. The summed E-state index contributed by atoms with van der Waals surface area (Å²) in [5.74, 6) is 0. The molecule has 0 spiro atoms. The topological polar surface area (TPSA) is 129 Å². The zero-order valence-corrected chi connectivity index (χ0v) is 9.00. The van der Waals surface area contributed by atoms with Gasteiger partial charge in [-0.2, -0.15) is 0 Å². The highest BCUT2D eigenvalue weighted by atomic mass is 16.2. The van der Waals surface area contributed by atoms with Crippen LogP contribution in [0.5, 0.6) is 0 Å². The summed E-state index contributed by atoms with van der Waals surface area (Å²) < 4.78 is 1.71. The molecule has 1 rings (SSSR count). The van der Waals surface area contributed by atoms with Gasteiger partial charge in [-0.3, -0.25) is 4.98 Å². The van der Waals surface area contributed by atoms with Crippen LogP contribution in [0.3, 0.4) is 0 Å². The van der Waals surface area contributed by atoms with E-state index in [1.807, 2.05) is 4.98 Å². The molecule has 0 saturated carbocycles. The Labute approximate surface area is 95.5 Å². The minimum absolute atomic E-state index is 0.00269. The van der Waals surface area contributed by atoms with Gasteiger partial charge >= 0.3 is 17.1 Å². The average molecular weight is 239 g/mol. The van der Waals surface area contributed by atoms with Crippen LogP contribution >= 0.6 is 0 Å². The first-order chi connectivity index (χ1) is 8.11. The lowest BCUT2D eigenvalue weighted by Gasteiger charge is -2.04. The first-order valence-electron chi connectivity index (χ1n) is 4.79. The molecular formula is C9H13N5O3. The summed E-state index contributed by atoms with van der Waals surface area (Å²) >= 11 is 0. The van der Waals surface area contributed by atoms with Gasteiger partial charge in [0.1, 0.15) is 0 Å². The van der Waals surface area contributed by atoms with Crippen LogP contribution in [0.1, 0.15) is 0 Å². The summed E-state index contributed by atoms with van der Waals surface area (Å²) in [7, 11) is 0. The van der Waals surface area contributed by atoms with Crippen molar-refractivity contribution in [1.29, 1.82) is 0 Å². The predicted octanol–water partition coefficient (Wildman–Crippen LogP) is -2.36. The third-order valence-electron chi connectivity index (χ3n) is 2.01. The third kappa shape index (κ3) is 2.74. The number of allylic oxidation sites excluding steroid dienone is 2. The van der Waals surface area contributed by atoms with Crippen LogP contribution in [0.25, 0.3) is 0 Å². The molecule has 8 heteroatoms. The number of nitrogens with one attached hydrogen (secondary N) is 1. The minimum atomic E-state index is -0.772. The fraction of sp³-hybridized carbons (Fsp3) is 0.222. The van der Waals surface area contributed by atoms with E-state index in [-0.39, 0.29) is 13.1 Å². The predicted molar refractivity (Wildman–Crippen MR) is 62.2 cm³/mol. The molecule has 92 valence electrons. The Balaban J connectivity index is 3.38. The summed E-state index contributed by atoms with van der Waals surface area (Å²) in [5.41, 5.74) is 7.98. The maximum Gasteiger partial charge on any atom is 0.336 e. The standard InChI is InChI=1S/C9H13N5O3/c10-3-1-5-13-7(15)12-8(16)14(9(13)17)6-2-4-11/h1-4H,5-6,10-11H2,(H,12,15,16). The van der Waals surface area contributed by atoms with Gasteiger partial charge in [-0.25, -0.2) is 23.5 Å². The SMILES string of the molecule is NC=CCn1c(=O)[nH]c(=O)n(CC=CN)c1=O. The van der Waals surface area contributed by atoms with Crippen LogP contribution in [0.2, 0.25) is 0 Å². The van der Waals surface area contributed by atoms with Gasteiger partial charge < -0.3 is 11.5 Å². The van der Waals surface area contributed by atoms with Gasteiger partial charge in [0.15, 0.2) is 0 Å². The van der Waals surface area contributed by atoms with Crippen molar-refractivity contribution in [2.75, 3.05) is 0 Å². The molecule has 0 aliphatic carbocycles. The first kappa shape index (κ1) is 12.6. The van der Waals surface area contributed by atoms with Crippen molar-refractivity contribution < 1.29 is 0 Å². The molecule has 1 aromatic heterocycles. The van der Waals surface area contributed by atoms with E-state index in [2.05, 4.69) is 0 Å². The van der Waals surface area contributed by atoms with E-state index in [0.717, 1.165) is 9.13 Å². The summed E-state index contributed by atoms with van der Waals surface area (Å²) in [6, 6.07) is 0. The van der Waals surface area contributed by atoms with Gasteiger partial charge in [0, 0.05) is 0 Å². The molecule has 1 aromatic rings. The Morgan fingerprint density at radius 1 is 0.941 bits per heavy atom. The fourth-order valence-corrected chi connectivity index (χ4v) is 1.20. The minimum Gasteiger partial charge on any atom is -0.405 e. The molecule has 0 atom stereocenters. The number of hydrogen-bond acceptors (Lipinski definition) is 5. The number of nitrogens with zero attached hydrogens (tertiary/aromatic N) is 2. The summed E-state index contributed by atoms with van der Waals surface area (Å²) in [6.45, 7) is -0.00539. The Bertz CT molecular complexity index is 555. The molecule has 1 heterocycles. The number of rotatable bonds is 4. The Morgan fingerprint density at radius 2 is 1.35 bits per heavy atom. The molecule has 0 unspecified atom stereocenters. The quantitative estimate of drug-likeness (QED) is 0.541. The van der Waals surface area contributed by atoms with Crippen LogP contribution in [-0.2, 0) is 13.1 Å². The molecule has 0 amide bonds. The van der Waals surface area contributed by atoms with Crippen molar-refractivity contribution in [3.8, 4) is 0 Å². The molecule has 0 aromatic carbocycles. The lowest BCUT2D eigenvalue weighted by atomic mass is 10.5. The Kier molecular flexibility index (Phi) is 4.09. The lowest BCUT2D eigenvalue weighted by Crippen LogP contribution is -2.49. The van der Waals surface area contributed by atoms with E-state index in [9.17, 15) is 14.4 Å². The highest BCUT2D eigenvalue weighted by Crippen LogP contribution is 1.75. The van der Waals surface area contributed by atoms with E-state index in [4.69, 9.17) is 11.5 Å². The van der Waals surface area contributed by atoms with Gasteiger partial charge in [-0.05, 0) is 24.6 Å². The number of aromatic amines is 1. The molecule has 0 radical (unpaired) electrons. The van der Waals surface area contributed by atoms with Crippen molar-refractivity contribution >= 4 is 0 Å². The van der Waals surface area contributed by atoms with Gasteiger partial charge in [0.05, 0.1) is 13.1 Å². The number of aromatic nitrogens is 3. The maximum absolute atomic E-state index is 11.8. The molecule has 0 fully saturated rings. The fourth-order valence-electron chi connectivity index (χ4n) is 1.20. The van der Waals surface area contributed by atoms with Crippen LogP contribution in [0.4, 0.5) is 0 Å². The second kappa shape index (κ2) is 5.54. The van der Waals surface area contributed by atoms with Crippen molar-refractivity contribution in [3.05, 3.63) is 56.0 Å². The summed E-state index contributed by atoms with van der Waals surface area (Å²) in [4.78, 5) is 36.5. The normalized spacial score (nSPS) is 11.5. The highest BCUT2D eigenvalue weighted by Gasteiger charge is 2.06. The summed E-state index contributed by atoms with van der Waals surface area (Å²) in [6.07, 6.45) is 5.26. The molecule has 5 N–H and O–H groups in total. The van der Waals surface area contributed by atoms with Crippen molar-refractivity contribution in [3.63, 3.8) is 0 Å². The molecule has 0 bridgehead atoms. The molecule has 0 aliphatic heterocycles. The third-order valence-corrected chi connectivity index (χ3v) is 2.01. The van der Waals surface area contributed by atoms with Gasteiger partial charge in [-0.1, -0.05) is 0 Å². The number of hydrogen-bond donors (Lipinski definition) is 3. The highest BCUT2D eigenvalue weighted by molar-refractivity contribution is 4.84. The van der Waals surface area contributed by atoms with Crippen molar-refractivity contribution in [2.24, 2.45) is 11.5 Å². The van der Waals surface area contributed by atoms with Gasteiger partial charge in [0.25, 0.3) is 0 Å². The smallest absolute Gasteiger partial charge is 0.336 e. The zero-order valence-electron chi connectivity index (χ0n) is 9.00. The lowest BCUT2D eigenvalue weighted by molar-refractivity contribution is 0.569. The van der Waals surface area contributed by atoms with Crippen LogP contribution in [0.15, 0.2) is 38.9 Å². The van der Waals surface area contributed by atoms with E-state index >= 15 is 0 Å². The second-order valence-electron chi connectivity index (χ2n) is 3.10. The molecule has 0 aliphatic rings. The molecular weight excluding hydrogens is 226 g/mol. The molecule has 17 heavy (non-hydrogen) atoms. The summed E-state index contributed by atoms with van der Waals surface area (Å²) in [5, 5.41) is 0. The van der Waals surface area contributed by atoms with Crippen molar-refractivity contribution in [1.82, 2.24) is 14.1 Å². The van der Waals surface area contributed by atoms with E-state index in [0.29, 0.717) is 0 Å². The monoisotopic (exact) mass is 239 g/mol. The average Bonchev–Trinajstić information content (AvgIpc) is 2.28. The van der Waals surface area contributed by atoms with Gasteiger partial charge in [0.2, 0.25) is 0 Å². The van der Waals surface area contributed by atoms with E-state index in [1.54, 1.807) is 0 Å². The largest absolute Gasteiger partial charge is 0.405 e. The Morgan fingerprint density at radius 3 is 1.71 bits per heavy atom. The van der Waals surface area contributed by atoms with Crippen LogP contribution in [-0.4, -0.2) is 14.1 Å². The van der Waals surface area contributed by atoms with Crippen molar-refractivity contribution in [2.45, 2.75) is 13.1 Å². The molecule has 0 saturated heterocycles. The first-order valence-corrected chi connectivity index (χ1v) is 4.79. The molecule has 8 nitrogen and oxygen atoms in total. The van der Waals surface area contributed by atoms with E-state index in [1.165, 1.54) is 24.6 Å². The second-order valence-corrected chi connectivity index (χ2v) is 3.10. The van der Waals surface area contributed by atoms with E-state index < -0.39 is 17.1 Å². The maximum atomic E-state index is 11.8. The van der Waals surface area contributed by atoms with Crippen LogP contribution < -0.4 is 28.5 Å². The van der Waals surface area contributed by atoms with Gasteiger partial charge in [-0.15, -0.1) is 0 Å². The number of nitrogens with two attached hydrogens (primary N) is 2. The number of H-pyrrole nitrogens is 1. The van der Waals surface area contributed by atoms with Crippen LogP contribution in [0, 0.1) is 0 Å².